The Bertz CT molecular complexity index is 276. The standard InChI is InChI=1S/C10H13NO.C2H6O.H2S/c1-8(2)10(12)11-9-6-4-3-5-7-9;1-3-2;/h3-8H,1-2H3,(H,11,12);1-2H3;1H2. The summed E-state index contributed by atoms with van der Waals surface area (Å²) < 4.78 is 4.25. The number of nitrogens with one attached hydrogen (secondary N) is 1. The van der Waals surface area contributed by atoms with E-state index in [0.717, 1.165) is 5.69 Å². The Balaban J connectivity index is 0. The van der Waals surface area contributed by atoms with Gasteiger partial charge in [0.25, 0.3) is 0 Å². The molecule has 1 amide bonds. The molecule has 1 rings (SSSR count). The summed E-state index contributed by atoms with van der Waals surface area (Å²) in [7, 11) is 3.25. The number of benzene rings is 1. The first-order valence-electron chi connectivity index (χ1n) is 4.87. The van der Waals surface area contributed by atoms with E-state index in [4.69, 9.17) is 0 Å². The SMILES string of the molecule is CC(C)C(=O)Nc1ccccc1.COC.S. The highest BCUT2D eigenvalue weighted by Crippen LogP contribution is 2.06. The Hall–Kier alpha value is -1.00. The molecule has 0 radical (unpaired) electrons. The molecule has 0 heterocycles. The first-order chi connectivity index (χ1) is 7.11. The van der Waals surface area contributed by atoms with E-state index < -0.39 is 0 Å². The van der Waals surface area contributed by atoms with Gasteiger partial charge in [-0.15, -0.1) is 0 Å². The van der Waals surface area contributed by atoms with Crippen LogP contribution in [0.5, 0.6) is 0 Å². The molecule has 0 unspecified atom stereocenters. The Morgan fingerprint density at radius 2 is 1.62 bits per heavy atom. The van der Waals surface area contributed by atoms with Gasteiger partial charge in [0.05, 0.1) is 0 Å². The maximum Gasteiger partial charge on any atom is 0.226 e. The molecule has 1 aromatic rings. The molecule has 0 aliphatic carbocycles. The third-order valence-corrected chi connectivity index (χ3v) is 1.57. The van der Waals surface area contributed by atoms with Crippen LogP contribution in [0.1, 0.15) is 13.8 Å². The fraction of sp³-hybridized carbons (Fsp3) is 0.417. The normalized spacial score (nSPS) is 8.56. The van der Waals surface area contributed by atoms with Crippen LogP contribution in [0.15, 0.2) is 30.3 Å². The van der Waals surface area contributed by atoms with Crippen LogP contribution < -0.4 is 5.32 Å². The summed E-state index contributed by atoms with van der Waals surface area (Å²) >= 11 is 0. The maximum atomic E-state index is 11.2. The molecule has 0 saturated heterocycles. The van der Waals surface area contributed by atoms with E-state index in [1.807, 2.05) is 44.2 Å². The zero-order valence-corrected chi connectivity index (χ0v) is 11.3. The van der Waals surface area contributed by atoms with Crippen LogP contribution in [0.4, 0.5) is 5.69 Å². The van der Waals surface area contributed by atoms with E-state index in [0.29, 0.717) is 0 Å². The second kappa shape index (κ2) is 10.5. The molecular weight excluding hydrogens is 222 g/mol. The third kappa shape index (κ3) is 8.32. The molecular formula is C12H21NO2S. The molecule has 0 aliphatic rings. The molecule has 1 N–H and O–H groups in total. The van der Waals surface area contributed by atoms with Crippen LogP contribution in [0, 0.1) is 5.92 Å². The van der Waals surface area contributed by atoms with E-state index in [2.05, 4.69) is 10.1 Å². The Morgan fingerprint density at radius 3 is 2.00 bits per heavy atom. The first kappa shape index (κ1) is 17.4. The molecule has 4 heteroatoms. The lowest BCUT2D eigenvalue weighted by Gasteiger charge is -2.06. The average molecular weight is 243 g/mol. The lowest BCUT2D eigenvalue weighted by molar-refractivity contribution is -0.118. The summed E-state index contributed by atoms with van der Waals surface area (Å²) in [6, 6.07) is 9.47. The van der Waals surface area contributed by atoms with Gasteiger partial charge in [0.15, 0.2) is 0 Å². The van der Waals surface area contributed by atoms with Crippen molar-refractivity contribution in [1.82, 2.24) is 0 Å². The van der Waals surface area contributed by atoms with Gasteiger partial charge in [-0.25, -0.2) is 0 Å². The highest BCUT2D eigenvalue weighted by atomic mass is 32.1. The van der Waals surface area contributed by atoms with Gasteiger partial charge in [0.2, 0.25) is 5.91 Å². The third-order valence-electron chi connectivity index (χ3n) is 1.57. The van der Waals surface area contributed by atoms with Crippen LogP contribution >= 0.6 is 13.5 Å². The topological polar surface area (TPSA) is 38.3 Å². The van der Waals surface area contributed by atoms with E-state index in [9.17, 15) is 4.79 Å². The Kier molecular flexibility index (Phi) is 11.4. The van der Waals surface area contributed by atoms with Crippen molar-refractivity contribution in [3.05, 3.63) is 30.3 Å². The van der Waals surface area contributed by atoms with Gasteiger partial charge in [-0.2, -0.15) is 13.5 Å². The molecule has 0 atom stereocenters. The van der Waals surface area contributed by atoms with Crippen molar-refractivity contribution in [3.8, 4) is 0 Å². The van der Waals surface area contributed by atoms with Crippen LogP contribution in [0.2, 0.25) is 0 Å². The predicted octanol–water partition coefficient (Wildman–Crippen LogP) is 2.66. The van der Waals surface area contributed by atoms with Gasteiger partial charge in [0.1, 0.15) is 0 Å². The number of para-hydroxylation sites is 1. The number of carbonyl (C=O) groups excluding carboxylic acids is 1. The summed E-state index contributed by atoms with van der Waals surface area (Å²) in [6.45, 7) is 3.75. The molecule has 1 aromatic carbocycles. The largest absolute Gasteiger partial charge is 0.388 e. The minimum absolute atomic E-state index is 0. The molecule has 0 aliphatic heterocycles. The molecule has 0 bridgehead atoms. The number of rotatable bonds is 2. The molecule has 92 valence electrons. The van der Waals surface area contributed by atoms with Crippen molar-refractivity contribution >= 4 is 25.1 Å². The van der Waals surface area contributed by atoms with Gasteiger partial charge >= 0.3 is 0 Å². The Labute approximate surface area is 105 Å². The number of methoxy groups -OCH3 is 1. The minimum atomic E-state index is 0. The maximum absolute atomic E-state index is 11.2. The van der Waals surface area contributed by atoms with Crippen LogP contribution in [0.3, 0.4) is 0 Å². The zero-order chi connectivity index (χ0) is 11.7. The van der Waals surface area contributed by atoms with Gasteiger partial charge < -0.3 is 10.1 Å². The van der Waals surface area contributed by atoms with E-state index in [1.165, 1.54) is 0 Å². The second-order valence-electron chi connectivity index (χ2n) is 3.42. The number of amides is 1. The number of ether oxygens (including phenoxy) is 1. The van der Waals surface area contributed by atoms with Crippen molar-refractivity contribution in [2.24, 2.45) is 5.92 Å². The van der Waals surface area contributed by atoms with Crippen molar-refractivity contribution in [2.75, 3.05) is 19.5 Å². The highest BCUT2D eigenvalue weighted by Gasteiger charge is 2.05. The second-order valence-corrected chi connectivity index (χ2v) is 3.42. The molecule has 0 saturated carbocycles. The number of carbonyl (C=O) groups is 1. The van der Waals surface area contributed by atoms with Gasteiger partial charge in [-0.05, 0) is 12.1 Å². The number of hydrogen-bond acceptors (Lipinski definition) is 2. The summed E-state index contributed by atoms with van der Waals surface area (Å²) in [4.78, 5) is 11.2. The first-order valence-corrected chi connectivity index (χ1v) is 4.87. The monoisotopic (exact) mass is 243 g/mol. The molecule has 3 nitrogen and oxygen atoms in total. The molecule has 0 aromatic heterocycles. The predicted molar refractivity (Wildman–Crippen MR) is 73.2 cm³/mol. The van der Waals surface area contributed by atoms with Gasteiger partial charge in [-0.3, -0.25) is 4.79 Å². The van der Waals surface area contributed by atoms with Gasteiger partial charge in [0, 0.05) is 25.8 Å². The minimum Gasteiger partial charge on any atom is -0.388 e. The van der Waals surface area contributed by atoms with Crippen molar-refractivity contribution in [2.45, 2.75) is 13.8 Å². The van der Waals surface area contributed by atoms with Crippen LogP contribution in [-0.2, 0) is 9.53 Å². The Morgan fingerprint density at radius 1 is 1.19 bits per heavy atom. The van der Waals surface area contributed by atoms with Crippen molar-refractivity contribution in [3.63, 3.8) is 0 Å². The summed E-state index contributed by atoms with van der Waals surface area (Å²) in [6.07, 6.45) is 0. The van der Waals surface area contributed by atoms with E-state index in [1.54, 1.807) is 14.2 Å². The molecule has 0 fully saturated rings. The van der Waals surface area contributed by atoms with E-state index in [-0.39, 0.29) is 25.3 Å². The number of anilines is 1. The van der Waals surface area contributed by atoms with E-state index >= 15 is 0 Å². The smallest absolute Gasteiger partial charge is 0.226 e. The summed E-state index contributed by atoms with van der Waals surface area (Å²) in [5.74, 6) is 0.0893. The van der Waals surface area contributed by atoms with Crippen molar-refractivity contribution < 1.29 is 9.53 Å². The molecule has 16 heavy (non-hydrogen) atoms. The lowest BCUT2D eigenvalue weighted by atomic mass is 10.2. The quantitative estimate of drug-likeness (QED) is 0.867. The summed E-state index contributed by atoms with van der Waals surface area (Å²) in [5, 5.41) is 2.80. The fourth-order valence-electron chi connectivity index (χ4n) is 0.808. The molecule has 0 spiro atoms. The zero-order valence-electron chi connectivity index (χ0n) is 10.3. The van der Waals surface area contributed by atoms with Crippen molar-refractivity contribution in [1.29, 1.82) is 0 Å². The summed E-state index contributed by atoms with van der Waals surface area (Å²) in [5.41, 5.74) is 0.858. The fourth-order valence-corrected chi connectivity index (χ4v) is 0.808. The average Bonchev–Trinajstić information content (AvgIpc) is 2.20. The highest BCUT2D eigenvalue weighted by molar-refractivity contribution is 7.59. The number of hydrogen-bond donors (Lipinski definition) is 1. The lowest BCUT2D eigenvalue weighted by Crippen LogP contribution is -2.17. The van der Waals surface area contributed by atoms with Crippen LogP contribution in [0.25, 0.3) is 0 Å². The van der Waals surface area contributed by atoms with Crippen LogP contribution in [-0.4, -0.2) is 20.1 Å². The van der Waals surface area contributed by atoms with Gasteiger partial charge in [-0.1, -0.05) is 32.0 Å².